The van der Waals surface area contributed by atoms with Gasteiger partial charge in [0, 0.05) is 4.88 Å². The molecule has 2 atom stereocenters. The largest absolute Gasteiger partial charge is 0.323 e. The van der Waals surface area contributed by atoms with E-state index in [1.807, 2.05) is 24.4 Å². The SMILES string of the molecule is Cc1ccc([C@H](N[C@@H](C)C(=O)Nc2ccc(F)cc2Cl)c2cccs2)cc1. The predicted octanol–water partition coefficient (Wildman–Crippen LogP) is 5.56. The summed E-state index contributed by atoms with van der Waals surface area (Å²) in [7, 11) is 0. The van der Waals surface area contributed by atoms with Gasteiger partial charge in [0.25, 0.3) is 0 Å². The molecule has 2 aromatic carbocycles. The normalized spacial score (nSPS) is 13.2. The molecular weight excluding hydrogens is 383 g/mol. The highest BCUT2D eigenvalue weighted by atomic mass is 35.5. The molecule has 0 saturated heterocycles. The van der Waals surface area contributed by atoms with Crippen molar-refractivity contribution in [2.75, 3.05) is 5.32 Å². The van der Waals surface area contributed by atoms with Crippen LogP contribution in [0, 0.1) is 12.7 Å². The first kappa shape index (κ1) is 19.5. The van der Waals surface area contributed by atoms with Gasteiger partial charge in [-0.25, -0.2) is 4.39 Å². The minimum absolute atomic E-state index is 0.102. The number of aryl methyl sites for hydroxylation is 1. The van der Waals surface area contributed by atoms with E-state index in [2.05, 4.69) is 34.9 Å². The first-order valence-corrected chi connectivity index (χ1v) is 9.82. The zero-order valence-corrected chi connectivity index (χ0v) is 16.6. The van der Waals surface area contributed by atoms with Crippen molar-refractivity contribution >= 4 is 34.5 Å². The van der Waals surface area contributed by atoms with Crippen LogP contribution in [0.2, 0.25) is 5.02 Å². The Bertz CT molecular complexity index is 912. The lowest BCUT2D eigenvalue weighted by Gasteiger charge is -2.23. The van der Waals surface area contributed by atoms with Crippen LogP contribution in [0.25, 0.3) is 0 Å². The lowest BCUT2D eigenvalue weighted by Crippen LogP contribution is -2.40. The minimum Gasteiger partial charge on any atom is -0.323 e. The van der Waals surface area contributed by atoms with Gasteiger partial charge in [0.1, 0.15) is 5.82 Å². The maximum Gasteiger partial charge on any atom is 0.241 e. The van der Waals surface area contributed by atoms with Crippen LogP contribution in [-0.4, -0.2) is 11.9 Å². The number of carbonyl (C=O) groups is 1. The van der Waals surface area contributed by atoms with E-state index in [0.717, 1.165) is 10.4 Å². The zero-order valence-electron chi connectivity index (χ0n) is 15.0. The number of rotatable bonds is 6. The van der Waals surface area contributed by atoms with E-state index in [9.17, 15) is 9.18 Å². The maximum absolute atomic E-state index is 13.2. The summed E-state index contributed by atoms with van der Waals surface area (Å²) >= 11 is 7.64. The number of hydrogen-bond donors (Lipinski definition) is 2. The minimum atomic E-state index is -0.487. The third-order valence-corrected chi connectivity index (χ3v) is 5.49. The fourth-order valence-electron chi connectivity index (χ4n) is 2.71. The first-order chi connectivity index (χ1) is 12.9. The van der Waals surface area contributed by atoms with Crippen molar-refractivity contribution in [1.82, 2.24) is 5.32 Å². The summed E-state index contributed by atoms with van der Waals surface area (Å²) < 4.78 is 13.2. The van der Waals surface area contributed by atoms with Crippen molar-refractivity contribution in [1.29, 1.82) is 0 Å². The number of hydrogen-bond acceptors (Lipinski definition) is 3. The molecule has 0 aliphatic rings. The molecule has 3 rings (SSSR count). The highest BCUT2D eigenvalue weighted by molar-refractivity contribution is 7.10. The molecule has 6 heteroatoms. The number of carbonyl (C=O) groups excluding carboxylic acids is 1. The van der Waals surface area contributed by atoms with Crippen LogP contribution in [0.15, 0.2) is 60.0 Å². The number of amides is 1. The fraction of sp³-hybridized carbons (Fsp3) is 0.190. The van der Waals surface area contributed by atoms with Gasteiger partial charge in [0.05, 0.1) is 22.8 Å². The molecule has 0 spiro atoms. The van der Waals surface area contributed by atoms with Gasteiger partial charge in [0.2, 0.25) is 5.91 Å². The number of nitrogens with one attached hydrogen (secondary N) is 2. The molecule has 3 aromatic rings. The third-order valence-electron chi connectivity index (χ3n) is 4.24. The number of halogens is 2. The predicted molar refractivity (Wildman–Crippen MR) is 110 cm³/mol. The second-order valence-electron chi connectivity index (χ2n) is 6.36. The van der Waals surface area contributed by atoms with Crippen molar-refractivity contribution in [2.24, 2.45) is 0 Å². The maximum atomic E-state index is 13.2. The highest BCUT2D eigenvalue weighted by Gasteiger charge is 2.22. The van der Waals surface area contributed by atoms with Gasteiger partial charge in [-0.05, 0) is 49.1 Å². The van der Waals surface area contributed by atoms with E-state index >= 15 is 0 Å². The smallest absolute Gasteiger partial charge is 0.241 e. The Morgan fingerprint density at radius 2 is 1.89 bits per heavy atom. The van der Waals surface area contributed by atoms with Crippen molar-refractivity contribution in [2.45, 2.75) is 25.9 Å². The summed E-state index contributed by atoms with van der Waals surface area (Å²) in [6, 6.07) is 15.6. The van der Waals surface area contributed by atoms with E-state index in [4.69, 9.17) is 11.6 Å². The average molecular weight is 403 g/mol. The second kappa shape index (κ2) is 8.65. The quantitative estimate of drug-likeness (QED) is 0.567. The average Bonchev–Trinajstić information content (AvgIpc) is 3.17. The van der Waals surface area contributed by atoms with Gasteiger partial charge in [-0.15, -0.1) is 11.3 Å². The molecule has 27 heavy (non-hydrogen) atoms. The highest BCUT2D eigenvalue weighted by Crippen LogP contribution is 2.27. The van der Waals surface area contributed by atoms with Gasteiger partial charge in [-0.1, -0.05) is 47.5 Å². The van der Waals surface area contributed by atoms with E-state index in [1.54, 1.807) is 18.3 Å². The Hall–Kier alpha value is -2.21. The summed E-state index contributed by atoms with van der Waals surface area (Å²) in [5.41, 5.74) is 2.66. The molecule has 0 unspecified atom stereocenters. The summed E-state index contributed by atoms with van der Waals surface area (Å²) in [5.74, 6) is -0.682. The lowest BCUT2D eigenvalue weighted by molar-refractivity contribution is -0.117. The van der Waals surface area contributed by atoms with Crippen molar-refractivity contribution in [3.63, 3.8) is 0 Å². The number of anilines is 1. The van der Waals surface area contributed by atoms with E-state index < -0.39 is 11.9 Å². The molecule has 3 nitrogen and oxygen atoms in total. The molecule has 2 N–H and O–H groups in total. The van der Waals surface area contributed by atoms with Crippen molar-refractivity contribution < 1.29 is 9.18 Å². The molecule has 1 aromatic heterocycles. The summed E-state index contributed by atoms with van der Waals surface area (Å²) in [5, 5.41) is 8.32. The van der Waals surface area contributed by atoms with Crippen LogP contribution in [0.5, 0.6) is 0 Å². The van der Waals surface area contributed by atoms with Crippen molar-refractivity contribution in [3.05, 3.63) is 86.8 Å². The fourth-order valence-corrected chi connectivity index (χ4v) is 3.74. The van der Waals surface area contributed by atoms with Crippen LogP contribution in [-0.2, 0) is 4.79 Å². The molecular formula is C21H20ClFN2OS. The number of benzene rings is 2. The molecule has 0 aliphatic heterocycles. The van der Waals surface area contributed by atoms with Crippen LogP contribution in [0.4, 0.5) is 10.1 Å². The molecule has 140 valence electrons. The molecule has 0 radical (unpaired) electrons. The molecule has 0 bridgehead atoms. The van der Waals surface area contributed by atoms with Crippen LogP contribution < -0.4 is 10.6 Å². The topological polar surface area (TPSA) is 41.1 Å². The monoisotopic (exact) mass is 402 g/mol. The van der Waals surface area contributed by atoms with Crippen LogP contribution >= 0.6 is 22.9 Å². The van der Waals surface area contributed by atoms with Gasteiger partial charge >= 0.3 is 0 Å². The summed E-state index contributed by atoms with van der Waals surface area (Å²) in [6.45, 7) is 3.83. The number of thiophene rings is 1. The summed E-state index contributed by atoms with van der Waals surface area (Å²) in [6.07, 6.45) is 0. The van der Waals surface area contributed by atoms with Gasteiger partial charge in [-0.3, -0.25) is 10.1 Å². The zero-order chi connectivity index (χ0) is 19.4. The Labute approximate surface area is 167 Å². The Kier molecular flexibility index (Phi) is 6.26. The molecule has 0 saturated carbocycles. The standard InChI is InChI=1S/C21H20ClFN2OS/c1-13-5-7-15(8-6-13)20(19-4-3-11-27-19)24-14(2)21(26)25-18-10-9-16(23)12-17(18)22/h3-12,14,20,24H,1-2H3,(H,25,26)/t14-,20-/m0/s1. The molecule has 0 aliphatic carbocycles. The van der Waals surface area contributed by atoms with Gasteiger partial charge in [-0.2, -0.15) is 0 Å². The lowest BCUT2D eigenvalue weighted by atomic mass is 10.0. The van der Waals surface area contributed by atoms with E-state index in [1.165, 1.54) is 23.8 Å². The van der Waals surface area contributed by atoms with Crippen LogP contribution in [0.3, 0.4) is 0 Å². The molecule has 1 heterocycles. The van der Waals surface area contributed by atoms with E-state index in [0.29, 0.717) is 5.69 Å². The van der Waals surface area contributed by atoms with Gasteiger partial charge < -0.3 is 5.32 Å². The Morgan fingerprint density at radius 3 is 2.52 bits per heavy atom. The van der Waals surface area contributed by atoms with E-state index in [-0.39, 0.29) is 17.0 Å². The molecule has 1 amide bonds. The Morgan fingerprint density at radius 1 is 1.15 bits per heavy atom. The van der Waals surface area contributed by atoms with Gasteiger partial charge in [0.15, 0.2) is 0 Å². The second-order valence-corrected chi connectivity index (χ2v) is 7.75. The molecule has 0 fully saturated rings. The first-order valence-electron chi connectivity index (χ1n) is 8.56. The summed E-state index contributed by atoms with van der Waals surface area (Å²) in [4.78, 5) is 13.7. The Balaban J connectivity index is 1.76. The van der Waals surface area contributed by atoms with Crippen molar-refractivity contribution in [3.8, 4) is 0 Å². The van der Waals surface area contributed by atoms with Crippen LogP contribution in [0.1, 0.15) is 29.0 Å². The third kappa shape index (κ3) is 4.95.